The molecule has 1 aliphatic rings. The summed E-state index contributed by atoms with van der Waals surface area (Å²) >= 11 is 0. The van der Waals surface area contributed by atoms with E-state index in [2.05, 4.69) is 5.32 Å². The number of nitrogens with one attached hydrogen (secondary N) is 1. The molecule has 0 amide bonds. The minimum Gasteiger partial charge on any atom is -0.385 e. The van der Waals surface area contributed by atoms with Crippen LogP contribution in [0.3, 0.4) is 0 Å². The second kappa shape index (κ2) is 6.13. The number of benzene rings is 2. The van der Waals surface area contributed by atoms with Gasteiger partial charge in [-0.3, -0.25) is 10.1 Å². The summed E-state index contributed by atoms with van der Waals surface area (Å²) in [4.78, 5) is 10.7. The molecule has 2 aromatic rings. The quantitative estimate of drug-likeness (QED) is 0.693. The zero-order chi connectivity index (χ0) is 15.5. The molecule has 0 spiro atoms. The Labute approximate surface area is 128 Å². The van der Waals surface area contributed by atoms with Gasteiger partial charge in [0, 0.05) is 17.2 Å². The lowest BCUT2D eigenvalue weighted by atomic mass is 9.88. The molecule has 4 nitrogen and oxygen atoms in total. The van der Waals surface area contributed by atoms with Crippen LogP contribution in [-0.4, -0.2) is 18.0 Å². The Hall–Kier alpha value is -2.43. The number of nitro groups is 1. The summed E-state index contributed by atoms with van der Waals surface area (Å²) < 4.78 is 13.1. The number of hydrogen-bond acceptors (Lipinski definition) is 3. The van der Waals surface area contributed by atoms with Crippen LogP contribution >= 0.6 is 0 Å². The molecule has 1 N–H and O–H groups in total. The van der Waals surface area contributed by atoms with Gasteiger partial charge in [0.2, 0.25) is 6.54 Å². The molecule has 0 saturated heterocycles. The third-order valence-electron chi connectivity index (χ3n) is 4.07. The SMILES string of the molecule is O=[N+]([O-])C[C@@H](c1ccc(F)cc1)c1ccc2c(c1)CCCN2. The Balaban J connectivity index is 1.98. The van der Waals surface area contributed by atoms with E-state index in [1.165, 1.54) is 17.7 Å². The first-order valence-corrected chi connectivity index (χ1v) is 7.37. The Kier molecular flexibility index (Phi) is 4.04. The van der Waals surface area contributed by atoms with Gasteiger partial charge in [0.25, 0.3) is 0 Å². The summed E-state index contributed by atoms with van der Waals surface area (Å²) in [5, 5.41) is 14.4. The average molecular weight is 300 g/mol. The molecule has 0 saturated carbocycles. The van der Waals surface area contributed by atoms with Gasteiger partial charge in [-0.05, 0) is 47.7 Å². The fourth-order valence-corrected chi connectivity index (χ4v) is 2.96. The average Bonchev–Trinajstić information content (AvgIpc) is 2.53. The lowest BCUT2D eigenvalue weighted by molar-refractivity contribution is -0.481. The van der Waals surface area contributed by atoms with E-state index >= 15 is 0 Å². The molecule has 0 fully saturated rings. The maximum atomic E-state index is 13.1. The summed E-state index contributed by atoms with van der Waals surface area (Å²) in [5.41, 5.74) is 3.97. The fraction of sp³-hybridized carbons (Fsp3) is 0.294. The first-order valence-electron chi connectivity index (χ1n) is 7.37. The molecule has 5 heteroatoms. The van der Waals surface area contributed by atoms with Crippen LogP contribution in [0.15, 0.2) is 42.5 Å². The molecule has 0 aromatic heterocycles. The van der Waals surface area contributed by atoms with Crippen molar-refractivity contribution in [1.82, 2.24) is 0 Å². The van der Waals surface area contributed by atoms with Crippen molar-refractivity contribution in [2.45, 2.75) is 18.8 Å². The van der Waals surface area contributed by atoms with E-state index < -0.39 is 0 Å². The predicted octanol–water partition coefficient (Wildman–Crippen LogP) is 3.59. The molecule has 0 unspecified atom stereocenters. The summed E-state index contributed by atoms with van der Waals surface area (Å²) in [6.45, 7) is 0.764. The van der Waals surface area contributed by atoms with Crippen LogP contribution in [0, 0.1) is 15.9 Å². The van der Waals surface area contributed by atoms with Crippen molar-refractivity contribution in [3.8, 4) is 0 Å². The number of fused-ring (bicyclic) bond motifs is 1. The highest BCUT2D eigenvalue weighted by atomic mass is 19.1. The van der Waals surface area contributed by atoms with Crippen molar-refractivity contribution in [3.63, 3.8) is 0 Å². The largest absolute Gasteiger partial charge is 0.385 e. The maximum absolute atomic E-state index is 13.1. The van der Waals surface area contributed by atoms with E-state index in [9.17, 15) is 14.5 Å². The van der Waals surface area contributed by atoms with Crippen LogP contribution in [-0.2, 0) is 6.42 Å². The zero-order valence-corrected chi connectivity index (χ0v) is 12.1. The molecule has 1 heterocycles. The van der Waals surface area contributed by atoms with Gasteiger partial charge in [-0.25, -0.2) is 4.39 Å². The van der Waals surface area contributed by atoms with Crippen LogP contribution < -0.4 is 5.32 Å². The molecule has 114 valence electrons. The van der Waals surface area contributed by atoms with E-state index in [-0.39, 0.29) is 23.2 Å². The summed E-state index contributed by atoms with van der Waals surface area (Å²) in [5.74, 6) is -0.693. The van der Waals surface area contributed by atoms with Crippen LogP contribution in [0.4, 0.5) is 10.1 Å². The second-order valence-electron chi connectivity index (χ2n) is 5.57. The van der Waals surface area contributed by atoms with Crippen molar-refractivity contribution in [2.24, 2.45) is 0 Å². The molecular weight excluding hydrogens is 283 g/mol. The summed E-state index contributed by atoms with van der Waals surface area (Å²) in [7, 11) is 0. The molecule has 1 atom stereocenters. The Bertz CT molecular complexity index is 686. The highest BCUT2D eigenvalue weighted by Crippen LogP contribution is 2.30. The minimum atomic E-state index is -0.358. The third kappa shape index (κ3) is 3.08. The lowest BCUT2D eigenvalue weighted by Crippen LogP contribution is -2.16. The Morgan fingerprint density at radius 2 is 1.91 bits per heavy atom. The van der Waals surface area contributed by atoms with Gasteiger partial charge in [-0.2, -0.15) is 0 Å². The van der Waals surface area contributed by atoms with E-state index in [1.807, 2.05) is 18.2 Å². The number of hydrogen-bond donors (Lipinski definition) is 1. The second-order valence-corrected chi connectivity index (χ2v) is 5.57. The minimum absolute atomic E-state index is 0.197. The lowest BCUT2D eigenvalue weighted by Gasteiger charge is -2.21. The summed E-state index contributed by atoms with van der Waals surface area (Å²) in [6.07, 6.45) is 2.04. The first-order chi connectivity index (χ1) is 10.6. The topological polar surface area (TPSA) is 55.2 Å². The van der Waals surface area contributed by atoms with Gasteiger partial charge in [0.05, 0.1) is 5.92 Å². The van der Waals surface area contributed by atoms with Gasteiger partial charge in [-0.1, -0.05) is 24.3 Å². The molecule has 0 radical (unpaired) electrons. The molecule has 0 aliphatic carbocycles. The number of aryl methyl sites for hydroxylation is 1. The third-order valence-corrected chi connectivity index (χ3v) is 4.07. The van der Waals surface area contributed by atoms with Crippen molar-refractivity contribution >= 4 is 5.69 Å². The van der Waals surface area contributed by atoms with Crippen LogP contribution in [0.1, 0.15) is 29.0 Å². The molecule has 0 bridgehead atoms. The highest BCUT2D eigenvalue weighted by Gasteiger charge is 2.22. The standard InChI is InChI=1S/C17H17FN2O2/c18-15-6-3-12(4-7-15)16(11-20(21)22)13-5-8-17-14(10-13)2-1-9-19-17/h3-8,10,16,19H,1-2,9,11H2/t16-/m0/s1. The molecule has 2 aromatic carbocycles. The van der Waals surface area contributed by atoms with Crippen LogP contribution in [0.5, 0.6) is 0 Å². The Morgan fingerprint density at radius 3 is 2.64 bits per heavy atom. The van der Waals surface area contributed by atoms with Crippen molar-refractivity contribution in [2.75, 3.05) is 18.4 Å². The Morgan fingerprint density at radius 1 is 1.18 bits per heavy atom. The van der Waals surface area contributed by atoms with E-state index in [1.54, 1.807) is 12.1 Å². The van der Waals surface area contributed by atoms with Gasteiger partial charge >= 0.3 is 0 Å². The normalized spacial score (nSPS) is 14.8. The van der Waals surface area contributed by atoms with Gasteiger partial charge in [0.15, 0.2) is 0 Å². The van der Waals surface area contributed by atoms with Gasteiger partial charge in [0.1, 0.15) is 5.82 Å². The molecule has 22 heavy (non-hydrogen) atoms. The number of halogens is 1. The van der Waals surface area contributed by atoms with Crippen LogP contribution in [0.2, 0.25) is 0 Å². The zero-order valence-electron chi connectivity index (χ0n) is 12.1. The van der Waals surface area contributed by atoms with Crippen LogP contribution in [0.25, 0.3) is 0 Å². The summed E-state index contributed by atoms with van der Waals surface area (Å²) in [6, 6.07) is 11.9. The van der Waals surface area contributed by atoms with Gasteiger partial charge in [-0.15, -0.1) is 0 Å². The predicted molar refractivity (Wildman–Crippen MR) is 83.4 cm³/mol. The maximum Gasteiger partial charge on any atom is 0.214 e. The number of nitrogens with zero attached hydrogens (tertiary/aromatic N) is 1. The van der Waals surface area contributed by atoms with Crippen molar-refractivity contribution in [3.05, 3.63) is 75.1 Å². The van der Waals surface area contributed by atoms with E-state index in [4.69, 9.17) is 0 Å². The highest BCUT2D eigenvalue weighted by molar-refractivity contribution is 5.55. The fourth-order valence-electron chi connectivity index (χ4n) is 2.96. The van der Waals surface area contributed by atoms with Crippen molar-refractivity contribution in [1.29, 1.82) is 0 Å². The number of anilines is 1. The van der Waals surface area contributed by atoms with Crippen molar-refractivity contribution < 1.29 is 9.31 Å². The smallest absolute Gasteiger partial charge is 0.214 e. The molecular formula is C17H17FN2O2. The van der Waals surface area contributed by atoms with E-state index in [0.29, 0.717) is 0 Å². The van der Waals surface area contributed by atoms with Gasteiger partial charge < -0.3 is 5.32 Å². The molecule has 1 aliphatic heterocycles. The van der Waals surface area contributed by atoms with E-state index in [0.717, 1.165) is 36.2 Å². The number of rotatable bonds is 4. The monoisotopic (exact) mass is 300 g/mol. The molecule has 3 rings (SSSR count). The first kappa shape index (κ1) is 14.5.